The van der Waals surface area contributed by atoms with Crippen molar-refractivity contribution in [2.75, 3.05) is 36.2 Å². The molecule has 0 aliphatic rings. The molecule has 0 aromatic heterocycles. The van der Waals surface area contributed by atoms with Crippen molar-refractivity contribution in [3.05, 3.63) is 0 Å². The zero-order valence-corrected chi connectivity index (χ0v) is 34.7. The summed E-state index contributed by atoms with van der Waals surface area (Å²) in [6, 6.07) is 0. The number of carbonyl (C=O) groups is 2. The molecule has 0 N–H and O–H groups in total. The summed E-state index contributed by atoms with van der Waals surface area (Å²) in [5, 5.41) is 0. The summed E-state index contributed by atoms with van der Waals surface area (Å²) in [6.45, 7) is 4.04. The van der Waals surface area contributed by atoms with Crippen molar-refractivity contribution >= 4 is 64.0 Å². The largest absolute Gasteiger partial charge is 0.462 e. The Kier molecular flexibility index (Phi) is 37.5. The standard InChI is InChI=1S/C37H71Cl2O6PS2/c1-3-5-7-23-29-47-31-25-19-15-11-9-13-17-21-27-36(40)43-33-35(34-44-46(38,39)42)45-37(41)28-22-18-14-10-12-16-20-26-32-48-30-24-8-6-4-2/h35H,3-34H2,1-2H3. The molecule has 286 valence electrons. The second kappa shape index (κ2) is 37.2. The fraction of sp³-hybridized carbons (Fsp3) is 0.946. The molecule has 0 heterocycles. The van der Waals surface area contributed by atoms with E-state index in [-0.39, 0.29) is 25.6 Å². The van der Waals surface area contributed by atoms with Crippen LogP contribution in [0.3, 0.4) is 0 Å². The average molecular weight is 778 g/mol. The molecule has 0 aliphatic heterocycles. The van der Waals surface area contributed by atoms with Crippen molar-refractivity contribution in [1.82, 2.24) is 0 Å². The Labute approximate surface area is 313 Å². The number of rotatable bonds is 38. The smallest absolute Gasteiger partial charge is 0.380 e. The Morgan fingerprint density at radius 3 is 1.27 bits per heavy atom. The predicted molar refractivity (Wildman–Crippen MR) is 212 cm³/mol. The van der Waals surface area contributed by atoms with Gasteiger partial charge in [-0.2, -0.15) is 23.5 Å². The number of hydrogen-bond acceptors (Lipinski definition) is 8. The van der Waals surface area contributed by atoms with Gasteiger partial charge in [0.1, 0.15) is 6.61 Å². The molecule has 0 radical (unpaired) electrons. The van der Waals surface area contributed by atoms with Gasteiger partial charge in [0, 0.05) is 12.8 Å². The molecule has 0 saturated carbocycles. The molecule has 0 rings (SSSR count). The van der Waals surface area contributed by atoms with Crippen molar-refractivity contribution in [2.45, 2.75) is 187 Å². The molecular weight excluding hydrogens is 706 g/mol. The zero-order chi connectivity index (χ0) is 35.4. The Morgan fingerprint density at radius 1 is 0.521 bits per heavy atom. The minimum absolute atomic E-state index is 0.174. The summed E-state index contributed by atoms with van der Waals surface area (Å²) in [5.41, 5.74) is 0. The van der Waals surface area contributed by atoms with E-state index < -0.39 is 18.1 Å². The highest BCUT2D eigenvalue weighted by Crippen LogP contribution is 2.57. The van der Waals surface area contributed by atoms with Crippen LogP contribution in [0.25, 0.3) is 0 Å². The Hall–Kier alpha value is 0.410. The van der Waals surface area contributed by atoms with Gasteiger partial charge in [-0.3, -0.25) is 14.2 Å². The van der Waals surface area contributed by atoms with Crippen molar-refractivity contribution in [2.24, 2.45) is 0 Å². The van der Waals surface area contributed by atoms with Gasteiger partial charge >= 0.3 is 18.0 Å². The Morgan fingerprint density at radius 2 is 0.875 bits per heavy atom. The summed E-state index contributed by atoms with van der Waals surface area (Å²) < 4.78 is 27.4. The maximum Gasteiger partial charge on any atom is 0.380 e. The molecule has 11 heteroatoms. The van der Waals surface area contributed by atoms with Gasteiger partial charge in [0.05, 0.1) is 6.61 Å². The van der Waals surface area contributed by atoms with E-state index in [1.165, 1.54) is 139 Å². The SMILES string of the molecule is CCCCCCSCCCCCCCCCCC(=O)OCC(COP(=O)(Cl)Cl)OC(=O)CCCCCCCCCCSCCCCCC. The van der Waals surface area contributed by atoms with Gasteiger partial charge in [0.2, 0.25) is 0 Å². The molecule has 0 aromatic rings. The third-order valence-corrected chi connectivity index (χ3v) is 11.6. The van der Waals surface area contributed by atoms with Gasteiger partial charge in [-0.25, -0.2) is 0 Å². The minimum Gasteiger partial charge on any atom is -0.462 e. The molecule has 0 aromatic carbocycles. The van der Waals surface area contributed by atoms with Crippen LogP contribution >= 0.6 is 52.1 Å². The molecule has 0 aliphatic carbocycles. The topological polar surface area (TPSA) is 78.9 Å². The highest BCUT2D eigenvalue weighted by molar-refractivity contribution is 8.05. The molecule has 1 atom stereocenters. The van der Waals surface area contributed by atoms with Crippen LogP contribution in [0.15, 0.2) is 0 Å². The lowest BCUT2D eigenvalue weighted by Crippen LogP contribution is -2.29. The maximum atomic E-state index is 12.4. The van der Waals surface area contributed by atoms with Crippen LogP contribution in [0.1, 0.15) is 181 Å². The van der Waals surface area contributed by atoms with Crippen LogP contribution in [-0.2, 0) is 28.2 Å². The monoisotopic (exact) mass is 776 g/mol. The molecule has 1 unspecified atom stereocenters. The van der Waals surface area contributed by atoms with Crippen molar-refractivity contribution in [1.29, 1.82) is 0 Å². The van der Waals surface area contributed by atoms with Crippen molar-refractivity contribution < 1.29 is 28.2 Å². The Bertz CT molecular complexity index is 774. The highest BCUT2D eigenvalue weighted by Gasteiger charge is 2.23. The number of carbonyl (C=O) groups excluding carboxylic acids is 2. The summed E-state index contributed by atoms with van der Waals surface area (Å²) >= 11 is 15.2. The number of esters is 2. The van der Waals surface area contributed by atoms with Gasteiger partial charge in [-0.15, -0.1) is 0 Å². The lowest BCUT2D eigenvalue weighted by atomic mass is 10.1. The van der Waals surface area contributed by atoms with E-state index in [1.54, 1.807) is 0 Å². The number of unbranched alkanes of at least 4 members (excludes halogenated alkanes) is 20. The number of hydrogen-bond donors (Lipinski definition) is 0. The summed E-state index contributed by atoms with van der Waals surface area (Å²) in [6.07, 6.45) is 25.1. The number of thioether (sulfide) groups is 2. The first-order valence-electron chi connectivity index (χ1n) is 19.4. The molecule has 0 bridgehead atoms. The normalized spacial score (nSPS) is 12.3. The van der Waals surface area contributed by atoms with E-state index in [0.29, 0.717) is 6.42 Å². The second-order valence-corrected chi connectivity index (χ2v) is 19.7. The van der Waals surface area contributed by atoms with E-state index in [9.17, 15) is 14.2 Å². The maximum absolute atomic E-state index is 12.4. The van der Waals surface area contributed by atoms with E-state index in [2.05, 4.69) is 37.4 Å². The van der Waals surface area contributed by atoms with Crippen LogP contribution in [0, 0.1) is 0 Å². The molecule has 0 fully saturated rings. The lowest BCUT2D eigenvalue weighted by molar-refractivity contribution is -0.161. The zero-order valence-electron chi connectivity index (χ0n) is 30.7. The van der Waals surface area contributed by atoms with Crippen LogP contribution < -0.4 is 0 Å². The first-order chi connectivity index (χ1) is 23.3. The van der Waals surface area contributed by atoms with E-state index in [4.69, 9.17) is 36.5 Å². The van der Waals surface area contributed by atoms with Crippen LogP contribution in [-0.4, -0.2) is 54.3 Å². The van der Waals surface area contributed by atoms with Crippen LogP contribution in [0.5, 0.6) is 0 Å². The van der Waals surface area contributed by atoms with E-state index in [0.717, 1.165) is 38.5 Å². The van der Waals surface area contributed by atoms with Gasteiger partial charge in [-0.05, 0) is 84.0 Å². The highest BCUT2D eigenvalue weighted by atomic mass is 35.9. The lowest BCUT2D eigenvalue weighted by Gasteiger charge is -2.18. The minimum atomic E-state index is -3.80. The van der Waals surface area contributed by atoms with Crippen molar-refractivity contribution in [3.8, 4) is 0 Å². The third kappa shape index (κ3) is 39.2. The van der Waals surface area contributed by atoms with Crippen LogP contribution in [0.2, 0.25) is 0 Å². The number of halogens is 2. The summed E-state index contributed by atoms with van der Waals surface area (Å²) in [5.74, 6) is 4.45. The third-order valence-electron chi connectivity index (χ3n) is 8.26. The molecule has 6 nitrogen and oxygen atoms in total. The molecule has 0 saturated heterocycles. The predicted octanol–water partition coefficient (Wildman–Crippen LogP) is 13.7. The fourth-order valence-electron chi connectivity index (χ4n) is 5.32. The van der Waals surface area contributed by atoms with Crippen LogP contribution in [0.4, 0.5) is 0 Å². The first kappa shape index (κ1) is 48.4. The van der Waals surface area contributed by atoms with Crippen molar-refractivity contribution in [3.63, 3.8) is 0 Å². The molecule has 48 heavy (non-hydrogen) atoms. The Balaban J connectivity index is 3.88. The quantitative estimate of drug-likeness (QED) is 0.0348. The van der Waals surface area contributed by atoms with Gasteiger partial charge in [0.25, 0.3) is 0 Å². The summed E-state index contributed by atoms with van der Waals surface area (Å²) in [4.78, 5) is 24.7. The first-order valence-corrected chi connectivity index (χ1v) is 25.2. The molecular formula is C37H71Cl2O6PS2. The second-order valence-electron chi connectivity index (χ2n) is 13.0. The van der Waals surface area contributed by atoms with Gasteiger partial charge in [-0.1, -0.05) is 129 Å². The molecule has 0 spiro atoms. The van der Waals surface area contributed by atoms with Gasteiger partial charge in [0.15, 0.2) is 6.10 Å². The number of ether oxygens (including phenoxy) is 2. The summed E-state index contributed by atoms with van der Waals surface area (Å²) in [7, 11) is 0. The van der Waals surface area contributed by atoms with E-state index in [1.807, 2.05) is 0 Å². The van der Waals surface area contributed by atoms with Gasteiger partial charge < -0.3 is 14.0 Å². The van der Waals surface area contributed by atoms with E-state index >= 15 is 0 Å². The molecule has 0 amide bonds. The average Bonchev–Trinajstić information content (AvgIpc) is 3.05. The fourth-order valence-corrected chi connectivity index (χ4v) is 8.04.